The average molecular weight is 366 g/mol. The summed E-state index contributed by atoms with van der Waals surface area (Å²) in [6.45, 7) is 3.34. The molecule has 0 radical (unpaired) electrons. The van der Waals surface area contributed by atoms with Gasteiger partial charge >= 0.3 is 0 Å². The topological polar surface area (TPSA) is 94.8 Å². The third-order valence-electron chi connectivity index (χ3n) is 3.18. The molecule has 0 atom stereocenters. The van der Waals surface area contributed by atoms with Crippen molar-refractivity contribution in [3.05, 3.63) is 37.2 Å². The number of nitrogens with one attached hydrogen (secondary N) is 1. The number of rotatable bonds is 6. The summed E-state index contributed by atoms with van der Waals surface area (Å²) in [5, 5.41) is 4.05. The van der Waals surface area contributed by atoms with E-state index in [1.54, 1.807) is 32.5 Å². The van der Waals surface area contributed by atoms with Crippen LogP contribution in [0.1, 0.15) is 0 Å². The first kappa shape index (κ1) is 16.3. The van der Waals surface area contributed by atoms with Crippen LogP contribution >= 0.6 is 11.3 Å². The zero-order valence-electron chi connectivity index (χ0n) is 12.9. The van der Waals surface area contributed by atoms with Gasteiger partial charge in [-0.1, -0.05) is 17.9 Å². The number of imidazole rings is 1. The molecule has 3 rings (SSSR count). The van der Waals surface area contributed by atoms with Gasteiger partial charge in [-0.2, -0.15) is 8.42 Å². The third-order valence-corrected chi connectivity index (χ3v) is 5.82. The molecule has 0 amide bonds. The Bertz CT molecular complexity index is 976. The molecule has 2 heterocycles. The van der Waals surface area contributed by atoms with Gasteiger partial charge in [0.1, 0.15) is 11.5 Å². The summed E-state index contributed by atoms with van der Waals surface area (Å²) in [6.07, 6.45) is 2.73. The van der Waals surface area contributed by atoms with Crippen molar-refractivity contribution in [2.24, 2.45) is 0 Å². The Morgan fingerprint density at radius 3 is 2.75 bits per heavy atom. The Labute approximate surface area is 142 Å². The molecule has 0 fully saturated rings. The first-order chi connectivity index (χ1) is 11.5. The van der Waals surface area contributed by atoms with Crippen LogP contribution < -0.4 is 14.2 Å². The van der Waals surface area contributed by atoms with Crippen molar-refractivity contribution < 1.29 is 17.9 Å². The Balaban J connectivity index is 2.04. The average Bonchev–Trinajstić information content (AvgIpc) is 3.13. The quantitative estimate of drug-likeness (QED) is 0.716. The minimum atomic E-state index is -3.70. The molecule has 0 aliphatic rings. The fourth-order valence-corrected chi connectivity index (χ4v) is 4.03. The Hall–Kier alpha value is -2.59. The monoisotopic (exact) mass is 366 g/mol. The molecular formula is C14H14N4O4S2. The number of benzene rings is 1. The second-order valence-corrected chi connectivity index (χ2v) is 7.46. The largest absolute Gasteiger partial charge is 0.497 e. The van der Waals surface area contributed by atoms with Gasteiger partial charge in [0.05, 0.1) is 26.1 Å². The lowest BCUT2D eigenvalue weighted by Gasteiger charge is -2.08. The molecule has 0 bridgehead atoms. The number of hydrogen-bond acceptors (Lipinski definition) is 7. The van der Waals surface area contributed by atoms with E-state index in [0.29, 0.717) is 22.2 Å². The van der Waals surface area contributed by atoms with E-state index in [9.17, 15) is 8.42 Å². The van der Waals surface area contributed by atoms with Crippen LogP contribution in [0.3, 0.4) is 0 Å². The molecule has 3 aromatic rings. The maximum Gasteiger partial charge on any atom is 0.290 e. The van der Waals surface area contributed by atoms with E-state index >= 15 is 0 Å². The molecule has 1 aromatic carbocycles. The molecule has 1 N–H and O–H groups in total. The van der Waals surface area contributed by atoms with E-state index in [4.69, 9.17) is 9.47 Å². The molecule has 24 heavy (non-hydrogen) atoms. The van der Waals surface area contributed by atoms with Crippen molar-refractivity contribution >= 4 is 26.3 Å². The summed E-state index contributed by atoms with van der Waals surface area (Å²) in [5.74, 6) is 1.26. The molecule has 0 unspecified atom stereocenters. The van der Waals surface area contributed by atoms with Gasteiger partial charge in [-0.15, -0.1) is 5.10 Å². The zero-order chi connectivity index (χ0) is 17.3. The van der Waals surface area contributed by atoms with Crippen molar-refractivity contribution in [1.29, 1.82) is 0 Å². The third kappa shape index (κ3) is 2.81. The number of hydrogen-bond donors (Lipinski definition) is 1. The molecule has 0 aliphatic heterocycles. The Morgan fingerprint density at radius 1 is 1.33 bits per heavy atom. The van der Waals surface area contributed by atoms with Crippen molar-refractivity contribution in [1.82, 2.24) is 19.3 Å². The summed E-state index contributed by atoms with van der Waals surface area (Å²) in [4.78, 5) is 4.87. The maximum absolute atomic E-state index is 11.9. The number of sulfonamides is 1. The normalized spacial score (nSPS) is 11.4. The lowest BCUT2D eigenvalue weighted by Crippen LogP contribution is -2.17. The van der Waals surface area contributed by atoms with E-state index in [1.807, 2.05) is 6.07 Å². The lowest BCUT2D eigenvalue weighted by atomic mass is 10.1. The van der Waals surface area contributed by atoms with E-state index in [-0.39, 0.29) is 4.34 Å². The number of ether oxygens (including phenoxy) is 2. The molecule has 0 saturated heterocycles. The van der Waals surface area contributed by atoms with Crippen LogP contribution in [0.25, 0.3) is 16.2 Å². The van der Waals surface area contributed by atoms with Gasteiger partial charge in [-0.3, -0.25) is 4.72 Å². The minimum absolute atomic E-state index is 0.0851. The van der Waals surface area contributed by atoms with Crippen molar-refractivity contribution in [2.45, 2.75) is 4.34 Å². The SMILES string of the molecule is C=CNS(=O)(=O)c1nn2cc(-c3ccc(OC)cc3OC)nc2s1. The number of fused-ring (bicyclic) bond motifs is 1. The Morgan fingerprint density at radius 2 is 2.12 bits per heavy atom. The van der Waals surface area contributed by atoms with Crippen molar-refractivity contribution in [3.63, 3.8) is 0 Å². The fourth-order valence-electron chi connectivity index (χ4n) is 2.09. The maximum atomic E-state index is 11.9. The van der Waals surface area contributed by atoms with Gasteiger partial charge in [0.2, 0.25) is 4.96 Å². The molecule has 8 nitrogen and oxygen atoms in total. The second-order valence-electron chi connectivity index (χ2n) is 4.61. The van der Waals surface area contributed by atoms with Gasteiger partial charge in [-0.25, -0.2) is 9.50 Å². The lowest BCUT2D eigenvalue weighted by molar-refractivity contribution is 0.395. The van der Waals surface area contributed by atoms with Gasteiger partial charge in [0.15, 0.2) is 0 Å². The van der Waals surface area contributed by atoms with Gasteiger partial charge in [0, 0.05) is 17.8 Å². The number of aromatic nitrogens is 3. The van der Waals surface area contributed by atoms with Crippen LogP contribution in [-0.4, -0.2) is 37.2 Å². The minimum Gasteiger partial charge on any atom is -0.497 e. The predicted octanol–water partition coefficient (Wildman–Crippen LogP) is 1.90. The van der Waals surface area contributed by atoms with Crippen molar-refractivity contribution in [2.75, 3.05) is 14.2 Å². The highest BCUT2D eigenvalue weighted by Gasteiger charge is 2.20. The van der Waals surface area contributed by atoms with Crippen molar-refractivity contribution in [3.8, 4) is 22.8 Å². The molecule has 10 heteroatoms. The summed E-state index contributed by atoms with van der Waals surface area (Å²) in [7, 11) is -0.574. The van der Waals surface area contributed by atoms with E-state index in [0.717, 1.165) is 23.1 Å². The van der Waals surface area contributed by atoms with Crippen LogP contribution in [0.5, 0.6) is 11.5 Å². The van der Waals surface area contributed by atoms with Crippen LogP contribution in [0.2, 0.25) is 0 Å². The number of methoxy groups -OCH3 is 2. The molecule has 0 aliphatic carbocycles. The fraction of sp³-hybridized carbons (Fsp3) is 0.143. The van der Waals surface area contributed by atoms with Gasteiger partial charge < -0.3 is 9.47 Å². The molecule has 0 saturated carbocycles. The molecule has 126 valence electrons. The van der Waals surface area contributed by atoms with Crippen LogP contribution in [0.4, 0.5) is 0 Å². The highest BCUT2D eigenvalue weighted by molar-refractivity contribution is 7.91. The summed E-state index contributed by atoms with van der Waals surface area (Å²) in [6, 6.07) is 5.36. The molecule has 2 aromatic heterocycles. The zero-order valence-corrected chi connectivity index (χ0v) is 14.5. The van der Waals surface area contributed by atoms with E-state index < -0.39 is 10.0 Å². The first-order valence-corrected chi connectivity index (χ1v) is 9.00. The van der Waals surface area contributed by atoms with Gasteiger partial charge in [-0.05, 0) is 12.1 Å². The Kier molecular flexibility index (Phi) is 4.16. The first-order valence-electron chi connectivity index (χ1n) is 6.70. The van der Waals surface area contributed by atoms with Crippen LogP contribution in [-0.2, 0) is 10.0 Å². The smallest absolute Gasteiger partial charge is 0.290 e. The highest BCUT2D eigenvalue weighted by atomic mass is 32.2. The summed E-state index contributed by atoms with van der Waals surface area (Å²) in [5.41, 5.74) is 1.37. The van der Waals surface area contributed by atoms with E-state index in [2.05, 4.69) is 21.4 Å². The van der Waals surface area contributed by atoms with Gasteiger partial charge in [0.25, 0.3) is 14.4 Å². The molecular weight excluding hydrogens is 352 g/mol. The predicted molar refractivity (Wildman–Crippen MR) is 89.9 cm³/mol. The van der Waals surface area contributed by atoms with Crippen LogP contribution in [0.15, 0.2) is 41.5 Å². The standard InChI is InChI=1S/C14H14N4O4S2/c1-4-15-24(19,20)14-17-18-8-11(16-13(18)23-14)10-6-5-9(21-2)7-12(10)22-3/h4-8,15H,1H2,2-3H3. The summed E-state index contributed by atoms with van der Waals surface area (Å²) >= 11 is 0.958. The second kappa shape index (κ2) is 6.13. The summed E-state index contributed by atoms with van der Waals surface area (Å²) < 4.78 is 37.9. The highest BCUT2D eigenvalue weighted by Crippen LogP contribution is 2.33. The van der Waals surface area contributed by atoms with Crippen LogP contribution in [0, 0.1) is 0 Å². The molecule has 0 spiro atoms. The van der Waals surface area contributed by atoms with E-state index in [1.165, 1.54) is 4.52 Å². The number of nitrogens with zero attached hydrogens (tertiary/aromatic N) is 3.